The first-order valence-corrected chi connectivity index (χ1v) is 9.84. The zero-order valence-corrected chi connectivity index (χ0v) is 15.1. The lowest BCUT2D eigenvalue weighted by Crippen LogP contribution is -2.36. The standard InChI is InChI=1S/C16H15IN2O3S/c17-12-6-2-3-7-14(12)19-16(20)18-13-9-10-23(21,22)15-8-4-1-5-11(13)15/h1-8,13H,9-10H2,(H2,18,19,20). The number of urea groups is 1. The van der Waals surface area contributed by atoms with E-state index in [9.17, 15) is 13.2 Å². The number of fused-ring (bicyclic) bond motifs is 1. The van der Waals surface area contributed by atoms with Gasteiger partial charge in [0.15, 0.2) is 9.84 Å². The van der Waals surface area contributed by atoms with E-state index in [4.69, 9.17) is 0 Å². The lowest BCUT2D eigenvalue weighted by atomic mass is 10.0. The molecule has 3 rings (SSSR count). The Morgan fingerprint density at radius 1 is 1.09 bits per heavy atom. The molecule has 0 spiro atoms. The number of halogens is 1. The Hall–Kier alpha value is -1.61. The maximum atomic E-state index is 12.2. The number of anilines is 1. The molecular weight excluding hydrogens is 427 g/mol. The molecule has 0 aromatic heterocycles. The van der Waals surface area contributed by atoms with E-state index in [1.807, 2.05) is 24.3 Å². The van der Waals surface area contributed by atoms with Crippen LogP contribution in [0.15, 0.2) is 53.4 Å². The SMILES string of the molecule is O=C(Nc1ccccc1I)NC1CCS(=O)(=O)c2ccccc21. The van der Waals surface area contributed by atoms with Gasteiger partial charge in [-0.05, 0) is 52.8 Å². The first kappa shape index (κ1) is 16.3. The molecule has 23 heavy (non-hydrogen) atoms. The van der Waals surface area contributed by atoms with Gasteiger partial charge >= 0.3 is 6.03 Å². The van der Waals surface area contributed by atoms with Crippen molar-refractivity contribution in [1.82, 2.24) is 5.32 Å². The topological polar surface area (TPSA) is 75.3 Å². The Balaban J connectivity index is 1.79. The van der Waals surface area contributed by atoms with Crippen molar-refractivity contribution in [3.05, 3.63) is 57.7 Å². The molecule has 0 radical (unpaired) electrons. The first-order valence-electron chi connectivity index (χ1n) is 7.11. The number of hydrogen-bond acceptors (Lipinski definition) is 3. The number of carbonyl (C=O) groups is 1. The summed E-state index contributed by atoms with van der Waals surface area (Å²) in [4.78, 5) is 12.5. The van der Waals surface area contributed by atoms with E-state index in [2.05, 4.69) is 33.2 Å². The second-order valence-electron chi connectivity index (χ2n) is 5.28. The normalized spacial score (nSPS) is 18.7. The summed E-state index contributed by atoms with van der Waals surface area (Å²) >= 11 is 2.15. The fourth-order valence-corrected chi connectivity index (χ4v) is 4.76. The van der Waals surface area contributed by atoms with Crippen molar-refractivity contribution in [2.45, 2.75) is 17.4 Å². The highest BCUT2D eigenvalue weighted by Crippen LogP contribution is 2.31. The molecule has 120 valence electrons. The molecule has 0 bridgehead atoms. The lowest BCUT2D eigenvalue weighted by Gasteiger charge is -2.26. The van der Waals surface area contributed by atoms with Crippen molar-refractivity contribution in [3.63, 3.8) is 0 Å². The highest BCUT2D eigenvalue weighted by Gasteiger charge is 2.30. The van der Waals surface area contributed by atoms with Gasteiger partial charge in [0.25, 0.3) is 0 Å². The maximum absolute atomic E-state index is 12.2. The monoisotopic (exact) mass is 442 g/mol. The van der Waals surface area contributed by atoms with Crippen molar-refractivity contribution in [1.29, 1.82) is 0 Å². The first-order chi connectivity index (χ1) is 11.0. The summed E-state index contributed by atoms with van der Waals surface area (Å²) in [5.74, 6) is 0.0395. The highest BCUT2D eigenvalue weighted by molar-refractivity contribution is 14.1. The molecule has 5 nitrogen and oxygen atoms in total. The Kier molecular flexibility index (Phi) is 4.58. The molecule has 1 atom stereocenters. The minimum absolute atomic E-state index is 0.0395. The molecule has 7 heteroatoms. The second kappa shape index (κ2) is 6.48. The number of sulfone groups is 1. The zero-order valence-electron chi connectivity index (χ0n) is 12.1. The van der Waals surface area contributed by atoms with E-state index < -0.39 is 9.84 Å². The number of rotatable bonds is 2. The van der Waals surface area contributed by atoms with Crippen LogP contribution >= 0.6 is 22.6 Å². The molecule has 2 aromatic carbocycles. The largest absolute Gasteiger partial charge is 0.331 e. The van der Waals surface area contributed by atoms with Crippen LogP contribution in [0.1, 0.15) is 18.0 Å². The summed E-state index contributed by atoms with van der Waals surface area (Å²) in [6, 6.07) is 13.6. The summed E-state index contributed by atoms with van der Waals surface area (Å²) in [6.07, 6.45) is 0.374. The molecule has 1 aliphatic heterocycles. The fraction of sp³-hybridized carbons (Fsp3) is 0.188. The number of carbonyl (C=O) groups excluding carboxylic acids is 1. The molecular formula is C16H15IN2O3S. The second-order valence-corrected chi connectivity index (χ2v) is 8.52. The number of para-hydroxylation sites is 1. The quantitative estimate of drug-likeness (QED) is 0.701. The minimum Gasteiger partial charge on any atom is -0.331 e. The smallest absolute Gasteiger partial charge is 0.319 e. The molecule has 1 unspecified atom stereocenters. The molecule has 2 amide bonds. The summed E-state index contributed by atoms with van der Waals surface area (Å²) in [6.45, 7) is 0. The highest BCUT2D eigenvalue weighted by atomic mass is 127. The Morgan fingerprint density at radius 3 is 2.57 bits per heavy atom. The summed E-state index contributed by atoms with van der Waals surface area (Å²) < 4.78 is 25.2. The third-order valence-electron chi connectivity index (χ3n) is 3.73. The third kappa shape index (κ3) is 3.50. The van der Waals surface area contributed by atoms with Crippen molar-refractivity contribution in [3.8, 4) is 0 Å². The van der Waals surface area contributed by atoms with Gasteiger partial charge in [-0.1, -0.05) is 30.3 Å². The molecule has 1 aliphatic rings. The van der Waals surface area contributed by atoms with Gasteiger partial charge < -0.3 is 10.6 Å². The van der Waals surface area contributed by atoms with Gasteiger partial charge in [0.05, 0.1) is 22.4 Å². The molecule has 0 fully saturated rings. The summed E-state index contributed by atoms with van der Waals surface area (Å²) in [5.41, 5.74) is 1.37. The van der Waals surface area contributed by atoms with Crippen LogP contribution in [0.25, 0.3) is 0 Å². The van der Waals surface area contributed by atoms with E-state index in [0.717, 1.165) is 9.26 Å². The van der Waals surface area contributed by atoms with Crippen LogP contribution < -0.4 is 10.6 Å². The van der Waals surface area contributed by atoms with Crippen LogP contribution in [0.4, 0.5) is 10.5 Å². The van der Waals surface area contributed by atoms with Crippen LogP contribution in [0.5, 0.6) is 0 Å². The van der Waals surface area contributed by atoms with E-state index in [1.54, 1.807) is 24.3 Å². The predicted octanol–water partition coefficient (Wildman–Crippen LogP) is 3.33. The molecule has 1 heterocycles. The van der Waals surface area contributed by atoms with E-state index >= 15 is 0 Å². The number of nitrogens with one attached hydrogen (secondary N) is 2. The van der Waals surface area contributed by atoms with Crippen LogP contribution in [0.2, 0.25) is 0 Å². The molecule has 2 aromatic rings. The van der Waals surface area contributed by atoms with E-state index in [-0.39, 0.29) is 17.8 Å². The molecule has 0 saturated carbocycles. The van der Waals surface area contributed by atoms with Crippen molar-refractivity contribution < 1.29 is 13.2 Å². The van der Waals surface area contributed by atoms with Crippen LogP contribution in [-0.2, 0) is 9.84 Å². The number of amides is 2. The third-order valence-corrected chi connectivity index (χ3v) is 6.49. The zero-order chi connectivity index (χ0) is 16.4. The van der Waals surface area contributed by atoms with Crippen LogP contribution in [-0.4, -0.2) is 20.2 Å². The van der Waals surface area contributed by atoms with Crippen molar-refractivity contribution >= 4 is 44.1 Å². The van der Waals surface area contributed by atoms with Gasteiger partial charge in [-0.15, -0.1) is 0 Å². The van der Waals surface area contributed by atoms with Gasteiger partial charge in [0, 0.05) is 3.57 Å². The average molecular weight is 442 g/mol. The molecule has 0 aliphatic carbocycles. The van der Waals surface area contributed by atoms with Crippen LogP contribution in [0.3, 0.4) is 0 Å². The predicted molar refractivity (Wildman–Crippen MR) is 97.2 cm³/mol. The van der Waals surface area contributed by atoms with Gasteiger partial charge in [-0.2, -0.15) is 0 Å². The maximum Gasteiger partial charge on any atom is 0.319 e. The average Bonchev–Trinajstić information content (AvgIpc) is 2.53. The van der Waals surface area contributed by atoms with Gasteiger partial charge in [-0.3, -0.25) is 0 Å². The summed E-state index contributed by atoms with van der Waals surface area (Å²) in [5, 5.41) is 5.67. The Morgan fingerprint density at radius 2 is 1.78 bits per heavy atom. The Bertz CT molecular complexity index is 852. The molecule has 2 N–H and O–H groups in total. The fourth-order valence-electron chi connectivity index (χ4n) is 2.62. The lowest BCUT2D eigenvalue weighted by molar-refractivity contribution is 0.248. The Labute approximate surface area is 148 Å². The van der Waals surface area contributed by atoms with Crippen LogP contribution in [0, 0.1) is 3.57 Å². The number of hydrogen-bond donors (Lipinski definition) is 2. The van der Waals surface area contributed by atoms with Crippen molar-refractivity contribution in [2.24, 2.45) is 0 Å². The van der Waals surface area contributed by atoms with Gasteiger partial charge in [0.1, 0.15) is 0 Å². The number of benzene rings is 2. The van der Waals surface area contributed by atoms with E-state index in [1.165, 1.54) is 0 Å². The van der Waals surface area contributed by atoms with E-state index in [0.29, 0.717) is 16.9 Å². The molecule has 0 saturated heterocycles. The van der Waals surface area contributed by atoms with Crippen molar-refractivity contribution in [2.75, 3.05) is 11.1 Å². The van der Waals surface area contributed by atoms with Gasteiger partial charge in [0.2, 0.25) is 0 Å². The summed E-state index contributed by atoms with van der Waals surface area (Å²) in [7, 11) is -3.25. The minimum atomic E-state index is -3.25. The van der Waals surface area contributed by atoms with Gasteiger partial charge in [-0.25, -0.2) is 13.2 Å².